The van der Waals surface area contributed by atoms with Crippen LogP contribution >= 0.6 is 31.9 Å². The van der Waals surface area contributed by atoms with Crippen molar-refractivity contribution in [2.75, 3.05) is 0 Å². The maximum atomic E-state index is 3.63. The van der Waals surface area contributed by atoms with E-state index >= 15 is 0 Å². The smallest absolute Gasteiger partial charge is 0.0175 e. The largest absolute Gasteiger partial charge is 0.0757 e. The summed E-state index contributed by atoms with van der Waals surface area (Å²) in [5, 5.41) is 0. The normalized spacial score (nSPS) is 17.4. The van der Waals surface area contributed by atoms with E-state index in [0.29, 0.717) is 5.92 Å². The fraction of sp³-hybridized carbons (Fsp3) is 0.405. The van der Waals surface area contributed by atoms with Crippen molar-refractivity contribution in [3.05, 3.63) is 110 Å². The summed E-state index contributed by atoms with van der Waals surface area (Å²) in [7, 11) is 0. The first-order chi connectivity index (χ1) is 19.1. The van der Waals surface area contributed by atoms with E-state index in [-0.39, 0.29) is 5.41 Å². The van der Waals surface area contributed by atoms with Gasteiger partial charge in [-0.2, -0.15) is 0 Å². The molecule has 0 nitrogen and oxygen atoms in total. The van der Waals surface area contributed by atoms with Crippen LogP contribution < -0.4 is 0 Å². The van der Waals surface area contributed by atoms with Crippen molar-refractivity contribution in [3.8, 4) is 11.1 Å². The SMILES string of the molecule is CCCCCCC1(CCCCCC)C2=CC(c3ccc(Br)cc3)=CCC2c2ccc(-c3ccc(Br)cc3)cc21. The lowest BCUT2D eigenvalue weighted by Gasteiger charge is -2.36. The fourth-order valence-corrected chi connectivity index (χ4v) is 7.48. The summed E-state index contributed by atoms with van der Waals surface area (Å²) in [5.41, 5.74) is 10.4. The number of allylic oxidation sites excluding steroid dienone is 4. The number of rotatable bonds is 12. The predicted molar refractivity (Wildman–Crippen MR) is 176 cm³/mol. The molecule has 39 heavy (non-hydrogen) atoms. The van der Waals surface area contributed by atoms with Gasteiger partial charge in [0.15, 0.2) is 0 Å². The molecular formula is C37H42Br2. The molecule has 204 valence electrons. The van der Waals surface area contributed by atoms with Crippen LogP contribution in [0.4, 0.5) is 0 Å². The highest BCUT2D eigenvalue weighted by Gasteiger charge is 2.47. The number of halogens is 2. The Kier molecular flexibility index (Phi) is 9.67. The average Bonchev–Trinajstić information content (AvgIpc) is 3.23. The summed E-state index contributed by atoms with van der Waals surface area (Å²) in [6.07, 6.45) is 19.3. The maximum Gasteiger partial charge on any atom is 0.0175 e. The highest BCUT2D eigenvalue weighted by Crippen LogP contribution is 2.59. The predicted octanol–water partition coefficient (Wildman–Crippen LogP) is 12.6. The molecule has 1 unspecified atom stereocenters. The van der Waals surface area contributed by atoms with Gasteiger partial charge >= 0.3 is 0 Å². The van der Waals surface area contributed by atoms with E-state index in [0.717, 1.165) is 15.4 Å². The van der Waals surface area contributed by atoms with Crippen molar-refractivity contribution < 1.29 is 0 Å². The quantitative estimate of drug-likeness (QED) is 0.172. The molecule has 0 saturated heterocycles. The summed E-state index contributed by atoms with van der Waals surface area (Å²) in [6.45, 7) is 4.65. The molecule has 0 aromatic heterocycles. The van der Waals surface area contributed by atoms with E-state index in [4.69, 9.17) is 0 Å². The molecule has 2 aliphatic rings. The van der Waals surface area contributed by atoms with Crippen molar-refractivity contribution >= 4 is 37.4 Å². The second-order valence-corrected chi connectivity index (χ2v) is 13.4. The van der Waals surface area contributed by atoms with Gasteiger partial charge in [-0.25, -0.2) is 0 Å². The van der Waals surface area contributed by atoms with E-state index in [1.54, 1.807) is 16.7 Å². The van der Waals surface area contributed by atoms with Crippen LogP contribution in [0.3, 0.4) is 0 Å². The number of fused-ring (bicyclic) bond motifs is 3. The molecule has 0 saturated carbocycles. The number of unbranched alkanes of at least 4 members (excludes halogenated alkanes) is 6. The Bertz CT molecular complexity index is 1300. The molecule has 0 bridgehead atoms. The summed E-state index contributed by atoms with van der Waals surface area (Å²) in [5.74, 6) is 0.510. The van der Waals surface area contributed by atoms with Gasteiger partial charge in [-0.05, 0) is 83.0 Å². The van der Waals surface area contributed by atoms with Crippen molar-refractivity contribution in [3.63, 3.8) is 0 Å². The van der Waals surface area contributed by atoms with Gasteiger partial charge in [0.1, 0.15) is 0 Å². The summed E-state index contributed by atoms with van der Waals surface area (Å²) in [6, 6.07) is 25.2. The van der Waals surface area contributed by atoms with Crippen LogP contribution in [0, 0.1) is 0 Å². The third-order valence-corrected chi connectivity index (χ3v) is 10.1. The summed E-state index contributed by atoms with van der Waals surface area (Å²) < 4.78 is 2.28. The zero-order valence-corrected chi connectivity index (χ0v) is 26.8. The zero-order chi connectivity index (χ0) is 27.2. The third-order valence-electron chi connectivity index (χ3n) is 9.03. The number of hydrogen-bond donors (Lipinski definition) is 0. The van der Waals surface area contributed by atoms with Crippen LogP contribution in [0.1, 0.15) is 107 Å². The molecular weight excluding hydrogens is 604 g/mol. The molecule has 0 heterocycles. The standard InChI is InChI=1S/C37H42Br2/c1-3-5-7-9-23-37(24-10-8-6-4-2)35-25-29(27-11-17-31(38)18-12-27)15-21-33(35)34-22-16-30(26-36(34)37)28-13-19-32(39)20-14-28/h11-21,25-26,34H,3-10,22-24H2,1-2H3. The van der Waals surface area contributed by atoms with Gasteiger partial charge in [-0.1, -0.05) is 151 Å². The van der Waals surface area contributed by atoms with Crippen molar-refractivity contribution in [2.24, 2.45) is 0 Å². The topological polar surface area (TPSA) is 0 Å². The molecule has 2 heteroatoms. The highest BCUT2D eigenvalue weighted by atomic mass is 79.9. The van der Waals surface area contributed by atoms with Crippen molar-refractivity contribution in [1.82, 2.24) is 0 Å². The zero-order valence-electron chi connectivity index (χ0n) is 23.6. The second kappa shape index (κ2) is 13.2. The molecule has 2 aliphatic carbocycles. The molecule has 0 amide bonds. The van der Waals surface area contributed by atoms with Crippen LogP contribution in [-0.4, -0.2) is 0 Å². The van der Waals surface area contributed by atoms with Crippen LogP contribution in [0.2, 0.25) is 0 Å². The van der Waals surface area contributed by atoms with Gasteiger partial charge in [0.25, 0.3) is 0 Å². The van der Waals surface area contributed by atoms with Gasteiger partial charge in [0.05, 0.1) is 0 Å². The Morgan fingerprint density at radius 3 is 1.82 bits per heavy atom. The molecule has 3 aromatic rings. The Balaban J connectivity index is 1.61. The van der Waals surface area contributed by atoms with E-state index in [2.05, 4.69) is 125 Å². The second-order valence-electron chi connectivity index (χ2n) is 11.6. The van der Waals surface area contributed by atoms with Gasteiger partial charge in [0, 0.05) is 20.3 Å². The lowest BCUT2D eigenvalue weighted by atomic mass is 9.68. The fourth-order valence-electron chi connectivity index (χ4n) is 6.95. The minimum atomic E-state index is 0.141. The van der Waals surface area contributed by atoms with E-state index in [9.17, 15) is 0 Å². The average molecular weight is 647 g/mol. The van der Waals surface area contributed by atoms with Crippen molar-refractivity contribution in [1.29, 1.82) is 0 Å². The lowest BCUT2D eigenvalue weighted by molar-refractivity contribution is 0.388. The minimum absolute atomic E-state index is 0.141. The van der Waals surface area contributed by atoms with Gasteiger partial charge in [-0.3, -0.25) is 0 Å². The lowest BCUT2D eigenvalue weighted by Crippen LogP contribution is -2.27. The summed E-state index contributed by atoms with van der Waals surface area (Å²) in [4.78, 5) is 0. The first-order valence-corrected chi connectivity index (χ1v) is 16.7. The monoisotopic (exact) mass is 644 g/mol. The number of benzene rings is 3. The van der Waals surface area contributed by atoms with Gasteiger partial charge in [-0.15, -0.1) is 0 Å². The third kappa shape index (κ3) is 6.23. The Morgan fingerprint density at radius 2 is 1.23 bits per heavy atom. The van der Waals surface area contributed by atoms with Crippen LogP contribution in [0.5, 0.6) is 0 Å². The summed E-state index contributed by atoms with van der Waals surface area (Å²) >= 11 is 7.25. The molecule has 0 radical (unpaired) electrons. The number of hydrogen-bond acceptors (Lipinski definition) is 0. The van der Waals surface area contributed by atoms with Crippen LogP contribution in [-0.2, 0) is 5.41 Å². The molecule has 0 aliphatic heterocycles. The van der Waals surface area contributed by atoms with Crippen molar-refractivity contribution in [2.45, 2.75) is 95.8 Å². The molecule has 0 spiro atoms. The highest BCUT2D eigenvalue weighted by molar-refractivity contribution is 9.10. The maximum absolute atomic E-state index is 3.63. The van der Waals surface area contributed by atoms with Crippen LogP contribution in [0.15, 0.2) is 93.4 Å². The van der Waals surface area contributed by atoms with E-state index < -0.39 is 0 Å². The Hall–Kier alpha value is -1.90. The minimum Gasteiger partial charge on any atom is -0.0757 e. The van der Waals surface area contributed by atoms with Gasteiger partial charge in [0.2, 0.25) is 0 Å². The molecule has 5 rings (SSSR count). The van der Waals surface area contributed by atoms with E-state index in [1.807, 2.05) is 0 Å². The molecule has 0 N–H and O–H groups in total. The van der Waals surface area contributed by atoms with E-state index in [1.165, 1.54) is 86.5 Å². The van der Waals surface area contributed by atoms with Gasteiger partial charge < -0.3 is 0 Å². The molecule has 0 fully saturated rings. The Labute approximate surface area is 253 Å². The van der Waals surface area contributed by atoms with Crippen LogP contribution in [0.25, 0.3) is 16.7 Å². The first-order valence-electron chi connectivity index (χ1n) is 15.1. The first kappa shape index (κ1) is 28.6. The molecule has 1 atom stereocenters. The molecule has 3 aromatic carbocycles. The Morgan fingerprint density at radius 1 is 0.667 bits per heavy atom.